The van der Waals surface area contributed by atoms with E-state index in [1.165, 1.54) is 19.2 Å². The minimum Gasteiger partial charge on any atom is -0.497 e. The third kappa shape index (κ3) is 3.76. The number of anilines is 1. The number of thiocarbonyl (C=S) groups is 1. The van der Waals surface area contributed by atoms with E-state index in [-0.39, 0.29) is 10.0 Å². The minimum atomic E-state index is -4.49. The molecule has 0 spiro atoms. The topological polar surface area (TPSA) is 29.5 Å². The molecule has 0 bridgehead atoms. The van der Waals surface area contributed by atoms with Gasteiger partial charge in [-0.1, -0.05) is 42.2 Å². The van der Waals surface area contributed by atoms with Gasteiger partial charge in [-0.2, -0.15) is 13.2 Å². The zero-order valence-electron chi connectivity index (χ0n) is 13.4. The van der Waals surface area contributed by atoms with Crippen LogP contribution in [0, 0.1) is 0 Å². The van der Waals surface area contributed by atoms with Crippen molar-refractivity contribution in [2.45, 2.75) is 6.18 Å². The van der Waals surface area contributed by atoms with E-state index in [0.29, 0.717) is 10.7 Å². The van der Waals surface area contributed by atoms with Crippen LogP contribution in [0.25, 0.3) is 6.08 Å². The van der Waals surface area contributed by atoms with Crippen LogP contribution in [0.4, 0.5) is 18.9 Å². The first-order valence-corrected chi connectivity index (χ1v) is 8.61. The number of methoxy groups -OCH3 is 1. The Kier molecular flexibility index (Phi) is 5.06. The number of carbonyl (C=O) groups excluding carboxylic acids is 1. The maximum atomic E-state index is 12.9. The van der Waals surface area contributed by atoms with E-state index in [1.54, 1.807) is 30.3 Å². The van der Waals surface area contributed by atoms with Gasteiger partial charge in [0.15, 0.2) is 4.32 Å². The Morgan fingerprint density at radius 3 is 2.58 bits per heavy atom. The fourth-order valence-electron chi connectivity index (χ4n) is 2.39. The highest BCUT2D eigenvalue weighted by molar-refractivity contribution is 8.27. The van der Waals surface area contributed by atoms with Gasteiger partial charge < -0.3 is 4.74 Å². The van der Waals surface area contributed by atoms with E-state index in [9.17, 15) is 18.0 Å². The number of halogens is 3. The molecule has 134 valence electrons. The van der Waals surface area contributed by atoms with Gasteiger partial charge in [0.2, 0.25) is 0 Å². The van der Waals surface area contributed by atoms with E-state index in [1.807, 2.05) is 0 Å². The first kappa shape index (κ1) is 18.5. The molecule has 0 atom stereocenters. The fraction of sp³-hybridized carbons (Fsp3) is 0.111. The molecular formula is C18H12F3NO2S2. The van der Waals surface area contributed by atoms with Gasteiger partial charge >= 0.3 is 6.18 Å². The SMILES string of the molecule is COc1cccc(/C=C2\SC(=S)N(c3cccc(C(F)(F)F)c3)C2=O)c1. The lowest BCUT2D eigenvalue weighted by atomic mass is 10.1. The van der Waals surface area contributed by atoms with Crippen LogP contribution < -0.4 is 9.64 Å². The Bertz CT molecular complexity index is 909. The standard InChI is InChI=1S/C18H12F3NO2S2/c1-24-14-7-2-4-11(8-14)9-15-16(23)22(17(25)26-15)13-6-3-5-12(10-13)18(19,20)21/h2-10H,1H3/b15-9-. The number of hydrogen-bond acceptors (Lipinski definition) is 4. The summed E-state index contributed by atoms with van der Waals surface area (Å²) in [6.45, 7) is 0. The van der Waals surface area contributed by atoms with Crippen molar-refractivity contribution in [3.05, 3.63) is 64.6 Å². The van der Waals surface area contributed by atoms with Crippen molar-refractivity contribution in [2.75, 3.05) is 12.0 Å². The summed E-state index contributed by atoms with van der Waals surface area (Å²) < 4.78 is 44.1. The number of rotatable bonds is 3. The Labute approximate surface area is 157 Å². The van der Waals surface area contributed by atoms with Crippen molar-refractivity contribution in [3.8, 4) is 5.75 Å². The van der Waals surface area contributed by atoms with Gasteiger partial charge in [-0.25, -0.2) is 0 Å². The zero-order chi connectivity index (χ0) is 18.9. The molecule has 0 aliphatic carbocycles. The Morgan fingerprint density at radius 1 is 1.15 bits per heavy atom. The normalized spacial score (nSPS) is 16.5. The van der Waals surface area contributed by atoms with E-state index in [2.05, 4.69) is 0 Å². The van der Waals surface area contributed by atoms with Crippen LogP contribution in [0.2, 0.25) is 0 Å². The monoisotopic (exact) mass is 395 g/mol. The summed E-state index contributed by atoms with van der Waals surface area (Å²) in [6.07, 6.45) is -2.86. The van der Waals surface area contributed by atoms with E-state index in [4.69, 9.17) is 17.0 Å². The smallest absolute Gasteiger partial charge is 0.416 e. The van der Waals surface area contributed by atoms with Crippen LogP contribution in [0.3, 0.4) is 0 Å². The number of carbonyl (C=O) groups is 1. The van der Waals surface area contributed by atoms with Crippen LogP contribution in [0.15, 0.2) is 53.4 Å². The van der Waals surface area contributed by atoms with E-state index < -0.39 is 17.6 Å². The molecule has 0 aromatic heterocycles. The molecule has 1 heterocycles. The van der Waals surface area contributed by atoms with Crippen LogP contribution in [0.5, 0.6) is 5.75 Å². The predicted molar refractivity (Wildman–Crippen MR) is 100 cm³/mol. The van der Waals surface area contributed by atoms with Gasteiger partial charge in [-0.3, -0.25) is 9.69 Å². The largest absolute Gasteiger partial charge is 0.497 e. The second-order valence-corrected chi connectivity index (χ2v) is 7.02. The Morgan fingerprint density at radius 2 is 1.88 bits per heavy atom. The summed E-state index contributed by atoms with van der Waals surface area (Å²) in [5.41, 5.74) is -0.00825. The van der Waals surface area contributed by atoms with Gasteiger partial charge in [0.25, 0.3) is 5.91 Å². The molecule has 1 aliphatic rings. The van der Waals surface area contributed by atoms with Crippen molar-refractivity contribution in [1.29, 1.82) is 0 Å². The van der Waals surface area contributed by atoms with Gasteiger partial charge in [-0.05, 0) is 42.0 Å². The summed E-state index contributed by atoms with van der Waals surface area (Å²) >= 11 is 6.24. The van der Waals surface area contributed by atoms with Crippen molar-refractivity contribution >= 4 is 46.0 Å². The van der Waals surface area contributed by atoms with Crippen LogP contribution >= 0.6 is 24.0 Å². The molecule has 1 aliphatic heterocycles. The molecule has 1 saturated heterocycles. The second kappa shape index (κ2) is 7.13. The van der Waals surface area contributed by atoms with Crippen molar-refractivity contribution in [3.63, 3.8) is 0 Å². The number of benzene rings is 2. The summed E-state index contributed by atoms with van der Waals surface area (Å²) in [7, 11) is 1.53. The molecule has 0 radical (unpaired) electrons. The molecule has 3 rings (SSSR count). The quantitative estimate of drug-likeness (QED) is 0.533. The first-order valence-electron chi connectivity index (χ1n) is 7.39. The summed E-state index contributed by atoms with van der Waals surface area (Å²) in [4.78, 5) is 14.1. The van der Waals surface area contributed by atoms with E-state index in [0.717, 1.165) is 34.4 Å². The van der Waals surface area contributed by atoms with Crippen molar-refractivity contribution in [2.24, 2.45) is 0 Å². The molecule has 1 amide bonds. The molecule has 8 heteroatoms. The highest BCUT2D eigenvalue weighted by Crippen LogP contribution is 2.38. The molecule has 2 aromatic rings. The van der Waals surface area contributed by atoms with Crippen molar-refractivity contribution in [1.82, 2.24) is 0 Å². The maximum absolute atomic E-state index is 12.9. The maximum Gasteiger partial charge on any atom is 0.416 e. The van der Waals surface area contributed by atoms with Crippen LogP contribution in [-0.2, 0) is 11.0 Å². The number of amides is 1. The number of thioether (sulfide) groups is 1. The lowest BCUT2D eigenvalue weighted by Crippen LogP contribution is -2.27. The third-order valence-electron chi connectivity index (χ3n) is 3.62. The molecule has 0 N–H and O–H groups in total. The van der Waals surface area contributed by atoms with Gasteiger partial charge in [0.1, 0.15) is 5.75 Å². The number of alkyl halides is 3. The fourth-order valence-corrected chi connectivity index (χ4v) is 3.69. The average molecular weight is 395 g/mol. The number of ether oxygens (including phenoxy) is 1. The lowest BCUT2D eigenvalue weighted by Gasteiger charge is -2.16. The molecule has 26 heavy (non-hydrogen) atoms. The molecule has 1 fully saturated rings. The zero-order valence-corrected chi connectivity index (χ0v) is 15.0. The van der Waals surface area contributed by atoms with E-state index >= 15 is 0 Å². The van der Waals surface area contributed by atoms with Crippen LogP contribution in [-0.4, -0.2) is 17.3 Å². The third-order valence-corrected chi connectivity index (χ3v) is 4.92. The number of nitrogens with zero attached hydrogens (tertiary/aromatic N) is 1. The van der Waals surface area contributed by atoms with Gasteiger partial charge in [-0.15, -0.1) is 0 Å². The lowest BCUT2D eigenvalue weighted by molar-refractivity contribution is -0.137. The highest BCUT2D eigenvalue weighted by Gasteiger charge is 2.36. The number of hydrogen-bond donors (Lipinski definition) is 0. The summed E-state index contributed by atoms with van der Waals surface area (Å²) in [5.74, 6) is 0.175. The predicted octanol–water partition coefficient (Wildman–Crippen LogP) is 5.12. The van der Waals surface area contributed by atoms with Crippen LogP contribution in [0.1, 0.15) is 11.1 Å². The minimum absolute atomic E-state index is 0.0939. The molecule has 3 nitrogen and oxygen atoms in total. The van der Waals surface area contributed by atoms with Gasteiger partial charge in [0.05, 0.1) is 23.3 Å². The molecular weight excluding hydrogens is 383 g/mol. The second-order valence-electron chi connectivity index (χ2n) is 5.34. The van der Waals surface area contributed by atoms with Crippen molar-refractivity contribution < 1.29 is 22.7 Å². The summed E-state index contributed by atoms with van der Waals surface area (Å²) in [6, 6.07) is 11.6. The molecule has 2 aromatic carbocycles. The average Bonchev–Trinajstić information content (AvgIpc) is 2.88. The molecule has 0 saturated carbocycles. The summed E-state index contributed by atoms with van der Waals surface area (Å²) in [5, 5.41) is 0. The first-order chi connectivity index (χ1) is 12.3. The Balaban J connectivity index is 1.93. The Hall–Kier alpha value is -2.32. The molecule has 0 unspecified atom stereocenters. The van der Waals surface area contributed by atoms with Gasteiger partial charge in [0, 0.05) is 0 Å². The highest BCUT2D eigenvalue weighted by atomic mass is 32.2.